The van der Waals surface area contributed by atoms with Crippen LogP contribution in [0.15, 0.2) is 24.3 Å². The molecular weight excluding hydrogens is 256 g/mol. The van der Waals surface area contributed by atoms with Crippen LogP contribution in [0.1, 0.15) is 64.0 Å². The standard InChI is InChI=1S/C19H30N2/c1-3-15-8-7-9-16(14-15)21-13-12-18(20-4-2)17-10-5-6-11-19(17)21/h5-6,10-11,15-16,18,20H,3-4,7-9,12-14H2,1-2H3. The Morgan fingerprint density at radius 1 is 1.14 bits per heavy atom. The van der Waals surface area contributed by atoms with Gasteiger partial charge in [0.15, 0.2) is 0 Å². The van der Waals surface area contributed by atoms with Gasteiger partial charge in [-0.3, -0.25) is 0 Å². The number of fused-ring (bicyclic) bond motifs is 1. The Hall–Kier alpha value is -1.02. The molecule has 0 bridgehead atoms. The highest BCUT2D eigenvalue weighted by Gasteiger charge is 2.31. The molecule has 1 fully saturated rings. The molecule has 1 aromatic rings. The molecule has 21 heavy (non-hydrogen) atoms. The summed E-state index contributed by atoms with van der Waals surface area (Å²) in [5, 5.41) is 3.66. The maximum Gasteiger partial charge on any atom is 0.0417 e. The van der Waals surface area contributed by atoms with Crippen LogP contribution in [0.3, 0.4) is 0 Å². The number of benzene rings is 1. The van der Waals surface area contributed by atoms with Gasteiger partial charge in [0.2, 0.25) is 0 Å². The summed E-state index contributed by atoms with van der Waals surface area (Å²) in [4.78, 5) is 2.73. The number of nitrogens with one attached hydrogen (secondary N) is 1. The van der Waals surface area contributed by atoms with Crippen molar-refractivity contribution in [3.63, 3.8) is 0 Å². The fourth-order valence-corrected chi connectivity index (χ4v) is 4.34. The normalized spacial score (nSPS) is 29.2. The van der Waals surface area contributed by atoms with E-state index >= 15 is 0 Å². The first-order valence-corrected chi connectivity index (χ1v) is 8.92. The molecule has 0 aromatic heterocycles. The second-order valence-corrected chi connectivity index (χ2v) is 6.75. The molecule has 2 heteroatoms. The Morgan fingerprint density at radius 3 is 2.81 bits per heavy atom. The lowest BCUT2D eigenvalue weighted by atomic mass is 9.82. The highest BCUT2D eigenvalue weighted by molar-refractivity contribution is 5.57. The van der Waals surface area contributed by atoms with Gasteiger partial charge in [-0.2, -0.15) is 0 Å². The average molecular weight is 286 g/mol. The zero-order chi connectivity index (χ0) is 14.7. The number of hydrogen-bond acceptors (Lipinski definition) is 2. The van der Waals surface area contributed by atoms with Crippen LogP contribution in [-0.2, 0) is 0 Å². The monoisotopic (exact) mass is 286 g/mol. The van der Waals surface area contributed by atoms with Gasteiger partial charge < -0.3 is 10.2 Å². The van der Waals surface area contributed by atoms with Gasteiger partial charge >= 0.3 is 0 Å². The van der Waals surface area contributed by atoms with E-state index in [4.69, 9.17) is 0 Å². The lowest BCUT2D eigenvalue weighted by Gasteiger charge is -2.44. The van der Waals surface area contributed by atoms with Gasteiger partial charge in [-0.1, -0.05) is 51.3 Å². The summed E-state index contributed by atoms with van der Waals surface area (Å²) in [6.45, 7) is 6.84. The molecule has 3 rings (SSSR count). The van der Waals surface area contributed by atoms with Crippen LogP contribution >= 0.6 is 0 Å². The van der Waals surface area contributed by atoms with Gasteiger partial charge in [0, 0.05) is 24.3 Å². The summed E-state index contributed by atoms with van der Waals surface area (Å²) in [6, 6.07) is 10.4. The van der Waals surface area contributed by atoms with Crippen LogP contribution in [0.25, 0.3) is 0 Å². The van der Waals surface area contributed by atoms with Crippen LogP contribution in [0.4, 0.5) is 5.69 Å². The minimum atomic E-state index is 0.549. The molecule has 3 atom stereocenters. The van der Waals surface area contributed by atoms with Gasteiger partial charge in [-0.25, -0.2) is 0 Å². The lowest BCUT2D eigenvalue weighted by Crippen LogP contribution is -2.44. The number of para-hydroxylation sites is 1. The van der Waals surface area contributed by atoms with E-state index in [0.29, 0.717) is 6.04 Å². The van der Waals surface area contributed by atoms with Gasteiger partial charge in [0.05, 0.1) is 0 Å². The van der Waals surface area contributed by atoms with Gasteiger partial charge in [0.1, 0.15) is 0 Å². The van der Waals surface area contributed by atoms with E-state index in [1.807, 2.05) is 0 Å². The molecule has 1 N–H and O–H groups in total. The first-order valence-electron chi connectivity index (χ1n) is 8.92. The van der Waals surface area contributed by atoms with Crippen LogP contribution < -0.4 is 10.2 Å². The predicted molar refractivity (Wildman–Crippen MR) is 90.9 cm³/mol. The number of rotatable bonds is 4. The zero-order valence-electron chi connectivity index (χ0n) is 13.6. The van der Waals surface area contributed by atoms with Crippen LogP contribution in [-0.4, -0.2) is 19.1 Å². The number of hydrogen-bond donors (Lipinski definition) is 1. The maximum atomic E-state index is 3.66. The minimum absolute atomic E-state index is 0.549. The van der Waals surface area contributed by atoms with Crippen molar-refractivity contribution in [2.45, 2.75) is 64.5 Å². The molecule has 0 amide bonds. The number of nitrogens with zero attached hydrogens (tertiary/aromatic N) is 1. The quantitative estimate of drug-likeness (QED) is 0.875. The zero-order valence-corrected chi connectivity index (χ0v) is 13.6. The van der Waals surface area contributed by atoms with Gasteiger partial charge in [-0.05, 0) is 43.4 Å². The molecule has 1 aromatic carbocycles. The SMILES string of the molecule is CCNC1CCN(C2CCCC(CC)C2)c2ccccc21. The highest BCUT2D eigenvalue weighted by atomic mass is 15.2. The Labute approximate surface area is 129 Å². The Balaban J connectivity index is 1.82. The molecule has 2 nitrogen and oxygen atoms in total. The Bertz CT molecular complexity index is 457. The number of anilines is 1. The first kappa shape index (κ1) is 14.9. The highest BCUT2D eigenvalue weighted by Crippen LogP contribution is 2.39. The molecule has 1 aliphatic heterocycles. The third kappa shape index (κ3) is 3.11. The Kier molecular flexibility index (Phi) is 4.84. The molecule has 1 aliphatic carbocycles. The lowest BCUT2D eigenvalue weighted by molar-refractivity contribution is 0.296. The third-order valence-corrected chi connectivity index (χ3v) is 5.50. The molecule has 1 saturated carbocycles. The van der Waals surface area contributed by atoms with Crippen molar-refractivity contribution in [2.24, 2.45) is 5.92 Å². The van der Waals surface area contributed by atoms with E-state index in [9.17, 15) is 0 Å². The van der Waals surface area contributed by atoms with E-state index < -0.39 is 0 Å². The third-order valence-electron chi connectivity index (χ3n) is 5.50. The van der Waals surface area contributed by atoms with Crippen molar-refractivity contribution in [2.75, 3.05) is 18.0 Å². The average Bonchev–Trinajstić information content (AvgIpc) is 2.55. The van der Waals surface area contributed by atoms with Crippen LogP contribution in [0, 0.1) is 5.92 Å². The van der Waals surface area contributed by atoms with Crippen molar-refractivity contribution < 1.29 is 0 Å². The van der Waals surface area contributed by atoms with E-state index in [2.05, 4.69) is 48.3 Å². The van der Waals surface area contributed by atoms with Crippen molar-refractivity contribution in [1.82, 2.24) is 5.32 Å². The summed E-state index contributed by atoms with van der Waals surface area (Å²) in [5.41, 5.74) is 3.01. The van der Waals surface area contributed by atoms with Crippen LogP contribution in [0.5, 0.6) is 0 Å². The van der Waals surface area contributed by atoms with Crippen LogP contribution in [0.2, 0.25) is 0 Å². The summed E-state index contributed by atoms with van der Waals surface area (Å²) in [7, 11) is 0. The summed E-state index contributed by atoms with van der Waals surface area (Å²) >= 11 is 0. The molecule has 2 aliphatic rings. The van der Waals surface area contributed by atoms with Crippen molar-refractivity contribution in [1.29, 1.82) is 0 Å². The summed E-state index contributed by atoms with van der Waals surface area (Å²) in [5.74, 6) is 0.947. The smallest absolute Gasteiger partial charge is 0.0417 e. The second-order valence-electron chi connectivity index (χ2n) is 6.75. The minimum Gasteiger partial charge on any atom is -0.368 e. The predicted octanol–water partition coefficient (Wildman–Crippen LogP) is 4.52. The van der Waals surface area contributed by atoms with Gasteiger partial charge in [0.25, 0.3) is 0 Å². The van der Waals surface area contributed by atoms with Crippen molar-refractivity contribution >= 4 is 5.69 Å². The largest absolute Gasteiger partial charge is 0.368 e. The Morgan fingerprint density at radius 2 is 2.00 bits per heavy atom. The molecule has 0 spiro atoms. The molecular formula is C19H30N2. The summed E-state index contributed by atoms with van der Waals surface area (Å²) in [6.07, 6.45) is 8.25. The fraction of sp³-hybridized carbons (Fsp3) is 0.684. The first-order chi connectivity index (χ1) is 10.3. The molecule has 3 unspecified atom stereocenters. The topological polar surface area (TPSA) is 15.3 Å². The molecule has 1 heterocycles. The van der Waals surface area contributed by atoms with E-state index in [1.54, 1.807) is 0 Å². The van der Waals surface area contributed by atoms with E-state index in [-0.39, 0.29) is 0 Å². The van der Waals surface area contributed by atoms with E-state index in [0.717, 1.165) is 18.5 Å². The second kappa shape index (κ2) is 6.83. The van der Waals surface area contributed by atoms with Crippen molar-refractivity contribution in [3.8, 4) is 0 Å². The maximum absolute atomic E-state index is 3.66. The molecule has 0 radical (unpaired) electrons. The summed E-state index contributed by atoms with van der Waals surface area (Å²) < 4.78 is 0. The van der Waals surface area contributed by atoms with Crippen molar-refractivity contribution in [3.05, 3.63) is 29.8 Å². The van der Waals surface area contributed by atoms with E-state index in [1.165, 1.54) is 56.3 Å². The van der Waals surface area contributed by atoms with Gasteiger partial charge in [-0.15, -0.1) is 0 Å². The fourth-order valence-electron chi connectivity index (χ4n) is 4.34. The molecule has 116 valence electrons. The molecule has 0 saturated heterocycles.